The van der Waals surface area contributed by atoms with Crippen LogP contribution in [0.4, 0.5) is 0 Å². The monoisotopic (exact) mass is 440 g/mol. The number of benzene rings is 4. The summed E-state index contributed by atoms with van der Waals surface area (Å²) < 4.78 is 66.1. The standard InChI is InChI=1S/C16H10O8S2.2Na/c17-11-5-12(18)8-2-4-10-14(26(22,23)24)6-13(25(19,20)21)9-3-1-7(11)15(8)16(9)10;;/h1-6,17-18H,(H,19,20,21)(H,22,23,24);;. The Bertz CT molecular complexity index is 1340. The second-order valence-corrected chi connectivity index (χ2v) is 8.59. The summed E-state index contributed by atoms with van der Waals surface area (Å²) in [5.74, 6) is -0.592. The molecule has 4 N–H and O–H groups in total. The largest absolute Gasteiger partial charge is 0.507 e. The molecule has 0 bridgehead atoms. The van der Waals surface area contributed by atoms with Crippen LogP contribution < -0.4 is 0 Å². The van der Waals surface area contributed by atoms with E-state index in [9.17, 15) is 36.2 Å². The van der Waals surface area contributed by atoms with Crippen LogP contribution in [-0.2, 0) is 20.2 Å². The number of phenols is 2. The summed E-state index contributed by atoms with van der Waals surface area (Å²) >= 11 is 0. The van der Waals surface area contributed by atoms with Crippen LogP contribution in [0.5, 0.6) is 11.5 Å². The van der Waals surface area contributed by atoms with Crippen molar-refractivity contribution in [2.45, 2.75) is 9.79 Å². The van der Waals surface area contributed by atoms with Crippen molar-refractivity contribution in [2.24, 2.45) is 0 Å². The van der Waals surface area contributed by atoms with E-state index in [1.165, 1.54) is 24.3 Å². The van der Waals surface area contributed by atoms with Crippen LogP contribution in [0.25, 0.3) is 32.3 Å². The molecule has 2 radical (unpaired) electrons. The van der Waals surface area contributed by atoms with Crippen LogP contribution in [0.1, 0.15) is 0 Å². The summed E-state index contributed by atoms with van der Waals surface area (Å²) in [5, 5.41) is 20.9. The Balaban J connectivity index is 0.00000140. The van der Waals surface area contributed by atoms with Crippen molar-refractivity contribution in [1.82, 2.24) is 0 Å². The van der Waals surface area contributed by atoms with Gasteiger partial charge in [-0.2, -0.15) is 16.8 Å². The molecule has 8 nitrogen and oxygen atoms in total. The number of hydrogen-bond acceptors (Lipinski definition) is 6. The van der Waals surface area contributed by atoms with Gasteiger partial charge in [-0.1, -0.05) is 12.1 Å². The van der Waals surface area contributed by atoms with Crippen LogP contribution in [0, 0.1) is 0 Å². The van der Waals surface area contributed by atoms with Gasteiger partial charge in [-0.3, -0.25) is 9.11 Å². The molecule has 4 aromatic carbocycles. The summed E-state index contributed by atoms with van der Waals surface area (Å²) in [7, 11) is -9.66. The molecule has 12 heteroatoms. The minimum Gasteiger partial charge on any atom is -0.507 e. The van der Waals surface area contributed by atoms with Gasteiger partial charge in [-0.25, -0.2) is 0 Å². The van der Waals surface area contributed by atoms with E-state index in [0.717, 1.165) is 6.07 Å². The van der Waals surface area contributed by atoms with E-state index in [2.05, 4.69) is 0 Å². The molecule has 0 amide bonds. The van der Waals surface area contributed by atoms with Crippen molar-refractivity contribution in [1.29, 1.82) is 0 Å². The summed E-state index contributed by atoms with van der Waals surface area (Å²) in [6.07, 6.45) is 0. The van der Waals surface area contributed by atoms with Crippen LogP contribution in [0.2, 0.25) is 0 Å². The third-order valence-electron chi connectivity index (χ3n) is 4.33. The molecule has 0 saturated heterocycles. The number of hydrogen-bond donors (Lipinski definition) is 4. The first-order chi connectivity index (χ1) is 12.0. The second-order valence-electron chi connectivity index (χ2n) is 5.81. The van der Waals surface area contributed by atoms with Crippen LogP contribution >= 0.6 is 0 Å². The zero-order valence-corrected chi connectivity index (χ0v) is 20.3. The fourth-order valence-electron chi connectivity index (χ4n) is 3.32. The summed E-state index contributed by atoms with van der Waals surface area (Å²) in [6.45, 7) is 0. The number of aromatic hydroxyl groups is 2. The first-order valence-electron chi connectivity index (χ1n) is 7.11. The van der Waals surface area contributed by atoms with Gasteiger partial charge in [0.15, 0.2) is 0 Å². The van der Waals surface area contributed by atoms with E-state index in [4.69, 9.17) is 0 Å². The van der Waals surface area contributed by atoms with E-state index in [-0.39, 0.29) is 103 Å². The van der Waals surface area contributed by atoms with Gasteiger partial charge in [0.05, 0.1) is 0 Å². The zero-order valence-electron chi connectivity index (χ0n) is 14.7. The van der Waals surface area contributed by atoms with Gasteiger partial charge in [0.25, 0.3) is 20.2 Å². The summed E-state index contributed by atoms with van der Waals surface area (Å²) in [4.78, 5) is -1.43. The maximum atomic E-state index is 11.8. The molecule has 0 heterocycles. The molecule has 0 aliphatic carbocycles. The average molecular weight is 440 g/mol. The molecular weight excluding hydrogens is 430 g/mol. The molecule has 136 valence electrons. The fraction of sp³-hybridized carbons (Fsp3) is 0. The fourth-order valence-corrected chi connectivity index (χ4v) is 4.82. The van der Waals surface area contributed by atoms with Crippen molar-refractivity contribution in [3.05, 3.63) is 36.4 Å². The average Bonchev–Trinajstić information content (AvgIpc) is 2.52. The molecule has 0 atom stereocenters. The molecule has 0 unspecified atom stereocenters. The van der Waals surface area contributed by atoms with Crippen molar-refractivity contribution in [3.63, 3.8) is 0 Å². The summed E-state index contributed by atoms with van der Waals surface area (Å²) in [6, 6.07) is 7.16. The molecule has 28 heavy (non-hydrogen) atoms. The molecule has 4 rings (SSSR count). The molecule has 0 fully saturated rings. The predicted octanol–water partition coefficient (Wildman–Crippen LogP) is 1.73. The first-order valence-corrected chi connectivity index (χ1v) is 9.99. The van der Waals surface area contributed by atoms with E-state index < -0.39 is 30.0 Å². The van der Waals surface area contributed by atoms with Crippen LogP contribution in [0.15, 0.2) is 46.2 Å². The van der Waals surface area contributed by atoms with Crippen LogP contribution in [0.3, 0.4) is 0 Å². The molecule has 0 aliphatic heterocycles. The molecular formula is C16H10Na2O8S2. The Morgan fingerprint density at radius 1 is 0.571 bits per heavy atom. The zero-order chi connectivity index (χ0) is 19.0. The van der Waals surface area contributed by atoms with Gasteiger partial charge in [0, 0.05) is 97.5 Å². The third kappa shape index (κ3) is 3.52. The van der Waals surface area contributed by atoms with Gasteiger partial charge in [0.1, 0.15) is 21.3 Å². The molecule has 4 aromatic rings. The smallest absolute Gasteiger partial charge is 0.295 e. The Hall–Kier alpha value is -0.660. The quantitative estimate of drug-likeness (QED) is 0.209. The molecule has 0 spiro atoms. The Labute approximate surface area is 203 Å². The number of phenolic OH excluding ortho intramolecular Hbond substituents is 2. The predicted molar refractivity (Wildman–Crippen MR) is 105 cm³/mol. The van der Waals surface area contributed by atoms with Crippen LogP contribution in [-0.4, -0.2) is 95.3 Å². The minimum absolute atomic E-state index is 0. The Morgan fingerprint density at radius 2 is 0.893 bits per heavy atom. The van der Waals surface area contributed by atoms with Gasteiger partial charge in [-0.15, -0.1) is 0 Å². The van der Waals surface area contributed by atoms with Gasteiger partial charge >= 0.3 is 0 Å². The van der Waals surface area contributed by atoms with E-state index in [1.807, 2.05) is 0 Å². The van der Waals surface area contributed by atoms with Gasteiger partial charge in [-0.05, 0) is 18.2 Å². The molecule has 0 aromatic heterocycles. The van der Waals surface area contributed by atoms with E-state index in [1.54, 1.807) is 0 Å². The van der Waals surface area contributed by atoms with Gasteiger partial charge < -0.3 is 10.2 Å². The Kier molecular flexibility index (Phi) is 6.37. The van der Waals surface area contributed by atoms with E-state index >= 15 is 0 Å². The van der Waals surface area contributed by atoms with Crippen molar-refractivity contribution in [2.75, 3.05) is 0 Å². The Morgan fingerprint density at radius 3 is 1.25 bits per heavy atom. The van der Waals surface area contributed by atoms with Crippen molar-refractivity contribution in [3.8, 4) is 11.5 Å². The first kappa shape index (κ1) is 23.6. The molecule has 0 saturated carbocycles. The topological polar surface area (TPSA) is 149 Å². The third-order valence-corrected chi connectivity index (χ3v) is 6.12. The van der Waals surface area contributed by atoms with Crippen molar-refractivity contribution >= 4 is 112 Å². The number of rotatable bonds is 2. The normalized spacial score (nSPS) is 12.2. The minimum atomic E-state index is -4.83. The SMILES string of the molecule is O=S(=O)(O)c1cc(S(=O)(=O)O)c2ccc3c(O)cc(O)c4ccc1c2c43.[Na].[Na]. The van der Waals surface area contributed by atoms with Gasteiger partial charge in [0.2, 0.25) is 0 Å². The van der Waals surface area contributed by atoms with E-state index in [0.29, 0.717) is 6.07 Å². The van der Waals surface area contributed by atoms with Crippen molar-refractivity contribution < 1.29 is 36.2 Å². The second kappa shape index (κ2) is 7.55. The summed E-state index contributed by atoms with van der Waals surface area (Å²) in [5.41, 5.74) is 0. The molecule has 0 aliphatic rings. The maximum absolute atomic E-state index is 11.8. The maximum Gasteiger partial charge on any atom is 0.295 e.